The number of rotatable bonds is 4. The van der Waals surface area contributed by atoms with Gasteiger partial charge in [0, 0.05) is 11.3 Å². The molecule has 5 rings (SSSR count). The third kappa shape index (κ3) is 3.67. The number of nitrogen functional groups attached to an aromatic ring is 2. The fourth-order valence-electron chi connectivity index (χ4n) is 4.77. The van der Waals surface area contributed by atoms with Gasteiger partial charge in [-0.2, -0.15) is 4.37 Å². The van der Waals surface area contributed by atoms with Gasteiger partial charge in [-0.25, -0.2) is 19.3 Å². The first-order valence-corrected chi connectivity index (χ1v) is 11.6. The summed E-state index contributed by atoms with van der Waals surface area (Å²) in [6.07, 6.45) is 0.970. The van der Waals surface area contributed by atoms with E-state index in [0.717, 1.165) is 10.4 Å². The highest BCUT2D eigenvalue weighted by Gasteiger charge is 2.50. The van der Waals surface area contributed by atoms with Crippen molar-refractivity contribution in [1.82, 2.24) is 19.3 Å². The highest BCUT2D eigenvalue weighted by atomic mass is 35.5. The van der Waals surface area contributed by atoms with E-state index in [1.807, 2.05) is 6.92 Å². The maximum Gasteiger partial charge on any atom is 0.154 e. The van der Waals surface area contributed by atoms with Crippen LogP contribution in [0.3, 0.4) is 0 Å². The van der Waals surface area contributed by atoms with Gasteiger partial charge in [0.05, 0.1) is 27.6 Å². The average molecular weight is 489 g/mol. The number of nitrogens with two attached hydrogens (primary N) is 2. The average Bonchev–Trinajstić information content (AvgIpc) is 3.30. The lowest BCUT2D eigenvalue weighted by Gasteiger charge is -2.28. The molecule has 172 valence electrons. The maximum atomic E-state index is 14.7. The predicted octanol–water partition coefficient (Wildman–Crippen LogP) is 3.44. The lowest BCUT2D eigenvalue weighted by atomic mass is 9.80. The number of pyridine rings is 1. The van der Waals surface area contributed by atoms with Crippen molar-refractivity contribution in [1.29, 1.82) is 0 Å². The third-order valence-corrected chi connectivity index (χ3v) is 7.97. The molecule has 0 aliphatic heterocycles. The number of anilines is 2. The zero-order valence-corrected chi connectivity index (χ0v) is 19.2. The highest BCUT2D eigenvalue weighted by molar-refractivity contribution is 7.07. The number of benzene rings is 1. The largest absolute Gasteiger partial charge is 0.390 e. The van der Waals surface area contributed by atoms with Crippen LogP contribution in [0.15, 0.2) is 24.5 Å². The van der Waals surface area contributed by atoms with Gasteiger partial charge in [-0.05, 0) is 60.0 Å². The first kappa shape index (κ1) is 22.1. The smallest absolute Gasteiger partial charge is 0.154 e. The Labute approximate surface area is 197 Å². The number of nitrogens with zero attached hydrogens (tertiary/aromatic N) is 4. The lowest BCUT2D eigenvalue weighted by molar-refractivity contribution is -0.0200. The number of halogens is 2. The van der Waals surface area contributed by atoms with Crippen molar-refractivity contribution in [2.45, 2.75) is 44.3 Å². The summed E-state index contributed by atoms with van der Waals surface area (Å²) in [6.45, 7) is 1.93. The summed E-state index contributed by atoms with van der Waals surface area (Å²) in [7, 11) is 0. The third-order valence-electron chi connectivity index (χ3n) is 6.70. The van der Waals surface area contributed by atoms with Crippen molar-refractivity contribution in [3.05, 3.63) is 45.8 Å². The molecule has 0 spiro atoms. The zero-order chi connectivity index (χ0) is 23.5. The Bertz CT molecular complexity index is 1380. The van der Waals surface area contributed by atoms with E-state index in [-0.39, 0.29) is 22.6 Å². The Kier molecular flexibility index (Phi) is 5.36. The van der Waals surface area contributed by atoms with Crippen LogP contribution in [0.4, 0.5) is 16.0 Å². The molecule has 0 unspecified atom stereocenters. The van der Waals surface area contributed by atoms with Crippen LogP contribution in [0.5, 0.6) is 0 Å². The molecule has 4 aromatic rings. The highest BCUT2D eigenvalue weighted by Crippen LogP contribution is 2.51. The van der Waals surface area contributed by atoms with Crippen LogP contribution >= 0.6 is 23.1 Å². The number of aromatic nitrogens is 4. The normalized spacial score (nSPS) is 25.3. The molecule has 4 atom stereocenters. The van der Waals surface area contributed by atoms with Crippen molar-refractivity contribution < 1.29 is 14.6 Å². The standard InChI is InChI=1S/C22H22ClFN6O2S/c1-22(3-2-9-4-13(24)10-6-12(23)20(25)29-14(10)5-9)7-11(17(31)19(22)32)18-15-16(30-33-18)21(26)28-8-27-15/h4-6,8,11,17,19,31-32H,2-3,7H2,1H3,(H2,25,29)(H2,26,27,28)/t11-,17+,19+,22+/m1/s1. The van der Waals surface area contributed by atoms with E-state index in [4.69, 9.17) is 23.1 Å². The molecule has 1 aliphatic carbocycles. The minimum atomic E-state index is -0.980. The first-order chi connectivity index (χ1) is 15.7. The molecule has 33 heavy (non-hydrogen) atoms. The summed E-state index contributed by atoms with van der Waals surface area (Å²) in [5.41, 5.74) is 13.3. The minimum absolute atomic E-state index is 0.145. The van der Waals surface area contributed by atoms with Crippen molar-refractivity contribution in [3.8, 4) is 0 Å². The maximum absolute atomic E-state index is 14.7. The Morgan fingerprint density at radius 2 is 1.97 bits per heavy atom. The molecule has 11 heteroatoms. The number of hydrogen-bond acceptors (Lipinski definition) is 9. The van der Waals surface area contributed by atoms with Crippen LogP contribution in [-0.4, -0.2) is 41.7 Å². The number of aliphatic hydroxyl groups is 2. The molecule has 0 radical (unpaired) electrons. The van der Waals surface area contributed by atoms with Gasteiger partial charge in [0.15, 0.2) is 5.82 Å². The van der Waals surface area contributed by atoms with Gasteiger partial charge < -0.3 is 21.7 Å². The van der Waals surface area contributed by atoms with E-state index >= 15 is 0 Å². The molecular weight excluding hydrogens is 467 g/mol. The van der Waals surface area contributed by atoms with Gasteiger partial charge in [-0.1, -0.05) is 18.5 Å². The fourth-order valence-corrected chi connectivity index (χ4v) is 5.88. The molecule has 3 aromatic heterocycles. The van der Waals surface area contributed by atoms with Crippen LogP contribution in [0.25, 0.3) is 21.9 Å². The second-order valence-corrected chi connectivity index (χ2v) is 10.1. The van der Waals surface area contributed by atoms with Crippen LogP contribution in [0.1, 0.15) is 36.1 Å². The Balaban J connectivity index is 1.40. The number of fused-ring (bicyclic) bond motifs is 2. The molecule has 8 nitrogen and oxygen atoms in total. The summed E-state index contributed by atoms with van der Waals surface area (Å²) in [4.78, 5) is 13.2. The van der Waals surface area contributed by atoms with Gasteiger partial charge >= 0.3 is 0 Å². The number of aryl methyl sites for hydroxylation is 1. The summed E-state index contributed by atoms with van der Waals surface area (Å²) in [5, 5.41) is 22.3. The number of aliphatic hydroxyl groups excluding tert-OH is 2. The molecule has 0 amide bonds. The van der Waals surface area contributed by atoms with Crippen LogP contribution in [-0.2, 0) is 6.42 Å². The molecule has 0 bridgehead atoms. The van der Waals surface area contributed by atoms with Gasteiger partial charge in [0.25, 0.3) is 0 Å². The summed E-state index contributed by atoms with van der Waals surface area (Å²) >= 11 is 7.19. The van der Waals surface area contributed by atoms with Gasteiger partial charge in [-0.3, -0.25) is 0 Å². The SMILES string of the molecule is C[C@]1(CCc2cc(F)c3cc(Cl)c(N)nc3c2)C[C@@H](c2snc3c(N)ncnc23)[C@H](O)[C@@H]1O. The van der Waals surface area contributed by atoms with Crippen molar-refractivity contribution in [2.24, 2.45) is 5.41 Å². The quantitative estimate of drug-likeness (QED) is 0.342. The summed E-state index contributed by atoms with van der Waals surface area (Å²) < 4.78 is 19.0. The monoisotopic (exact) mass is 488 g/mol. The number of hydrogen-bond donors (Lipinski definition) is 4. The molecular formula is C22H22ClFN6O2S. The zero-order valence-electron chi connectivity index (χ0n) is 17.7. The van der Waals surface area contributed by atoms with E-state index in [9.17, 15) is 14.6 Å². The van der Waals surface area contributed by atoms with Crippen molar-refractivity contribution >= 4 is 56.7 Å². The Hall–Kier alpha value is -2.66. The topological polar surface area (TPSA) is 144 Å². The fraction of sp³-hybridized carbons (Fsp3) is 0.364. The van der Waals surface area contributed by atoms with E-state index < -0.39 is 23.4 Å². The summed E-state index contributed by atoms with van der Waals surface area (Å²) in [5.74, 6) is -0.343. The second kappa shape index (κ2) is 7.98. The van der Waals surface area contributed by atoms with E-state index in [1.165, 1.54) is 30.0 Å². The molecule has 1 saturated carbocycles. The lowest BCUT2D eigenvalue weighted by Crippen LogP contribution is -2.34. The van der Waals surface area contributed by atoms with Crippen LogP contribution in [0, 0.1) is 11.2 Å². The van der Waals surface area contributed by atoms with E-state index in [0.29, 0.717) is 41.2 Å². The molecule has 1 aliphatic rings. The van der Waals surface area contributed by atoms with Crippen molar-refractivity contribution in [3.63, 3.8) is 0 Å². The predicted molar refractivity (Wildman–Crippen MR) is 127 cm³/mol. The van der Waals surface area contributed by atoms with Crippen LogP contribution < -0.4 is 11.5 Å². The van der Waals surface area contributed by atoms with Gasteiger partial charge in [-0.15, -0.1) is 0 Å². The van der Waals surface area contributed by atoms with Gasteiger partial charge in [0.2, 0.25) is 0 Å². The summed E-state index contributed by atoms with van der Waals surface area (Å²) in [6, 6.07) is 4.70. The Morgan fingerprint density at radius 1 is 1.18 bits per heavy atom. The van der Waals surface area contributed by atoms with Crippen LogP contribution in [0.2, 0.25) is 5.02 Å². The Morgan fingerprint density at radius 3 is 2.76 bits per heavy atom. The van der Waals surface area contributed by atoms with E-state index in [2.05, 4.69) is 19.3 Å². The molecule has 3 heterocycles. The molecule has 0 saturated heterocycles. The van der Waals surface area contributed by atoms with Crippen molar-refractivity contribution in [2.75, 3.05) is 11.5 Å². The second-order valence-electron chi connectivity index (χ2n) is 8.90. The van der Waals surface area contributed by atoms with Gasteiger partial charge in [0.1, 0.15) is 29.0 Å². The molecule has 1 aromatic carbocycles. The van der Waals surface area contributed by atoms with E-state index in [1.54, 1.807) is 6.07 Å². The molecule has 1 fully saturated rings. The molecule has 6 N–H and O–H groups in total. The minimum Gasteiger partial charge on any atom is -0.390 e. The first-order valence-electron chi connectivity index (χ1n) is 10.4.